The van der Waals surface area contributed by atoms with Crippen LogP contribution in [0, 0.1) is 0 Å². The second-order valence-electron chi connectivity index (χ2n) is 4.81. The molecule has 6 heteroatoms. The molecule has 0 aliphatic carbocycles. The Morgan fingerprint density at radius 1 is 1.42 bits per heavy atom. The third kappa shape index (κ3) is 4.54. The molecule has 104 valence electrons. The van der Waals surface area contributed by atoms with Crippen LogP contribution in [0.15, 0.2) is 35.3 Å². The zero-order valence-corrected chi connectivity index (χ0v) is 12.7. The molecule has 0 aromatic heterocycles. The fourth-order valence-corrected chi connectivity index (χ4v) is 4.07. The molecule has 0 fully saturated rings. The van der Waals surface area contributed by atoms with Crippen LogP contribution in [0.2, 0.25) is 0 Å². The summed E-state index contributed by atoms with van der Waals surface area (Å²) in [5, 5.41) is 4.01. The van der Waals surface area contributed by atoms with Gasteiger partial charge in [0.2, 0.25) is 0 Å². The van der Waals surface area contributed by atoms with Crippen LogP contribution in [0.25, 0.3) is 0 Å². The number of nitrogens with zero attached hydrogens (tertiary/aromatic N) is 1. The topological polar surface area (TPSA) is 58.5 Å². The third-order valence-electron chi connectivity index (χ3n) is 2.76. The summed E-state index contributed by atoms with van der Waals surface area (Å²) in [5.41, 5.74) is 1.20. The van der Waals surface area contributed by atoms with Gasteiger partial charge in [-0.05, 0) is 12.5 Å². The molecule has 1 N–H and O–H groups in total. The summed E-state index contributed by atoms with van der Waals surface area (Å²) in [6, 6.07) is 10.2. The molecule has 1 heterocycles. The van der Waals surface area contributed by atoms with Gasteiger partial charge in [0, 0.05) is 18.1 Å². The lowest BCUT2D eigenvalue weighted by atomic mass is 10.1. The standard InChI is InChI=1S/C13H18N2O2S2/c1-10(9-19(2,16)17)14-13-15-12(8-18-13)11-6-4-3-5-7-11/h3-7,10,12H,8-9H2,1-2H3,(H,14,15). The van der Waals surface area contributed by atoms with Gasteiger partial charge in [0.25, 0.3) is 0 Å². The lowest BCUT2D eigenvalue weighted by molar-refractivity contribution is 0.591. The van der Waals surface area contributed by atoms with E-state index in [1.165, 1.54) is 11.8 Å². The van der Waals surface area contributed by atoms with E-state index in [4.69, 9.17) is 0 Å². The van der Waals surface area contributed by atoms with Crippen molar-refractivity contribution >= 4 is 26.8 Å². The van der Waals surface area contributed by atoms with Gasteiger partial charge in [-0.3, -0.25) is 4.99 Å². The molecule has 0 bridgehead atoms. The minimum absolute atomic E-state index is 0.115. The van der Waals surface area contributed by atoms with E-state index in [-0.39, 0.29) is 17.8 Å². The monoisotopic (exact) mass is 298 g/mol. The minimum atomic E-state index is -2.96. The number of hydrogen-bond acceptors (Lipinski definition) is 5. The molecule has 4 nitrogen and oxygen atoms in total. The van der Waals surface area contributed by atoms with E-state index in [0.717, 1.165) is 10.9 Å². The van der Waals surface area contributed by atoms with Gasteiger partial charge in [-0.2, -0.15) is 0 Å². The number of thioether (sulfide) groups is 1. The van der Waals surface area contributed by atoms with E-state index in [2.05, 4.69) is 22.4 Å². The lowest BCUT2D eigenvalue weighted by Crippen LogP contribution is -2.35. The Morgan fingerprint density at radius 3 is 2.74 bits per heavy atom. The van der Waals surface area contributed by atoms with Gasteiger partial charge in [0.1, 0.15) is 9.84 Å². The van der Waals surface area contributed by atoms with E-state index in [1.807, 2.05) is 25.1 Å². The molecule has 0 saturated carbocycles. The highest BCUT2D eigenvalue weighted by atomic mass is 32.2. The van der Waals surface area contributed by atoms with E-state index in [9.17, 15) is 8.42 Å². The molecule has 1 aromatic carbocycles. The molecule has 1 aliphatic rings. The number of aliphatic imine (C=N–C) groups is 1. The average molecular weight is 298 g/mol. The van der Waals surface area contributed by atoms with Crippen molar-refractivity contribution in [1.29, 1.82) is 0 Å². The van der Waals surface area contributed by atoms with Gasteiger partial charge < -0.3 is 5.32 Å². The predicted molar refractivity (Wildman–Crippen MR) is 81.4 cm³/mol. The third-order valence-corrected chi connectivity index (χ3v) is 4.84. The van der Waals surface area contributed by atoms with Crippen molar-refractivity contribution in [2.45, 2.75) is 19.0 Å². The normalized spacial score (nSPS) is 20.9. The number of hydrogen-bond donors (Lipinski definition) is 1. The summed E-state index contributed by atoms with van der Waals surface area (Å²) in [6.07, 6.45) is 1.25. The Balaban J connectivity index is 1.96. The smallest absolute Gasteiger partial charge is 0.157 e. The van der Waals surface area contributed by atoms with Crippen molar-refractivity contribution in [2.75, 3.05) is 17.8 Å². The average Bonchev–Trinajstić information content (AvgIpc) is 2.76. The van der Waals surface area contributed by atoms with Crippen molar-refractivity contribution in [3.8, 4) is 0 Å². The van der Waals surface area contributed by atoms with Crippen LogP contribution in [0.3, 0.4) is 0 Å². The summed E-state index contributed by atoms with van der Waals surface area (Å²) in [5.74, 6) is 1.03. The molecule has 2 rings (SSSR count). The zero-order chi connectivity index (χ0) is 13.9. The summed E-state index contributed by atoms with van der Waals surface area (Å²) < 4.78 is 22.4. The molecule has 2 atom stereocenters. The van der Waals surface area contributed by atoms with Gasteiger partial charge in [-0.1, -0.05) is 42.1 Å². The first-order valence-electron chi connectivity index (χ1n) is 6.14. The van der Waals surface area contributed by atoms with Gasteiger partial charge in [0.05, 0.1) is 11.8 Å². The van der Waals surface area contributed by atoms with Gasteiger partial charge in [-0.15, -0.1) is 0 Å². The fourth-order valence-electron chi connectivity index (χ4n) is 2.01. The summed E-state index contributed by atoms with van der Waals surface area (Å²) in [7, 11) is -2.96. The predicted octanol–water partition coefficient (Wildman–Crippen LogP) is 1.85. The highest BCUT2D eigenvalue weighted by Gasteiger charge is 2.21. The first-order chi connectivity index (χ1) is 8.94. The maximum atomic E-state index is 11.2. The summed E-state index contributed by atoms with van der Waals surface area (Å²) in [4.78, 5) is 4.60. The highest BCUT2D eigenvalue weighted by Crippen LogP contribution is 2.29. The SMILES string of the molecule is CC(CS(C)(=O)=O)NC1=NC(c2ccccc2)CS1. The quantitative estimate of drug-likeness (QED) is 0.921. The van der Waals surface area contributed by atoms with Crippen molar-refractivity contribution < 1.29 is 8.42 Å². The van der Waals surface area contributed by atoms with Gasteiger partial charge >= 0.3 is 0 Å². The largest absolute Gasteiger partial charge is 0.361 e. The summed E-state index contributed by atoms with van der Waals surface area (Å²) in [6.45, 7) is 1.86. The van der Waals surface area contributed by atoms with Gasteiger partial charge in [-0.25, -0.2) is 8.42 Å². The maximum Gasteiger partial charge on any atom is 0.157 e. The van der Waals surface area contributed by atoms with E-state index in [1.54, 1.807) is 11.8 Å². The van der Waals surface area contributed by atoms with Crippen LogP contribution < -0.4 is 5.32 Å². The lowest BCUT2D eigenvalue weighted by Gasteiger charge is -2.12. The second-order valence-corrected chi connectivity index (χ2v) is 8.00. The molecular weight excluding hydrogens is 280 g/mol. The van der Waals surface area contributed by atoms with Crippen LogP contribution in [-0.2, 0) is 9.84 Å². The number of amidine groups is 1. The molecular formula is C13H18N2O2S2. The van der Waals surface area contributed by atoms with E-state index in [0.29, 0.717) is 0 Å². The maximum absolute atomic E-state index is 11.2. The van der Waals surface area contributed by atoms with Crippen molar-refractivity contribution in [1.82, 2.24) is 5.32 Å². The number of rotatable bonds is 4. The van der Waals surface area contributed by atoms with Crippen LogP contribution in [0.1, 0.15) is 18.5 Å². The Kier molecular flexibility index (Phi) is 4.52. The number of sulfone groups is 1. The fraction of sp³-hybridized carbons (Fsp3) is 0.462. The van der Waals surface area contributed by atoms with Crippen LogP contribution in [-0.4, -0.2) is 37.4 Å². The number of benzene rings is 1. The molecule has 1 aliphatic heterocycles. The first-order valence-corrected chi connectivity index (χ1v) is 9.18. The molecule has 0 spiro atoms. The van der Waals surface area contributed by atoms with Crippen molar-refractivity contribution in [3.05, 3.63) is 35.9 Å². The molecule has 2 unspecified atom stereocenters. The molecule has 0 amide bonds. The number of nitrogens with one attached hydrogen (secondary N) is 1. The van der Waals surface area contributed by atoms with Crippen LogP contribution in [0.4, 0.5) is 0 Å². The Hall–Kier alpha value is -1.01. The van der Waals surface area contributed by atoms with E-state index < -0.39 is 9.84 Å². The molecule has 19 heavy (non-hydrogen) atoms. The minimum Gasteiger partial charge on any atom is -0.361 e. The molecule has 0 saturated heterocycles. The molecule has 0 radical (unpaired) electrons. The van der Waals surface area contributed by atoms with Crippen LogP contribution >= 0.6 is 11.8 Å². The van der Waals surface area contributed by atoms with Gasteiger partial charge in [0.15, 0.2) is 5.17 Å². The Bertz CT molecular complexity index is 555. The second kappa shape index (κ2) is 5.96. The Labute approximate surface area is 118 Å². The van der Waals surface area contributed by atoms with Crippen LogP contribution in [0.5, 0.6) is 0 Å². The van der Waals surface area contributed by atoms with E-state index >= 15 is 0 Å². The molecule has 1 aromatic rings. The van der Waals surface area contributed by atoms with Crippen molar-refractivity contribution in [3.63, 3.8) is 0 Å². The summed E-state index contributed by atoms with van der Waals surface area (Å²) >= 11 is 1.64. The zero-order valence-electron chi connectivity index (χ0n) is 11.0. The van der Waals surface area contributed by atoms with Crippen molar-refractivity contribution in [2.24, 2.45) is 4.99 Å². The first kappa shape index (κ1) is 14.4. The highest BCUT2D eigenvalue weighted by molar-refractivity contribution is 8.14. The Morgan fingerprint density at radius 2 is 2.11 bits per heavy atom.